The minimum atomic E-state index is -0.0135. The Morgan fingerprint density at radius 1 is 1.13 bits per heavy atom. The molecule has 0 spiro atoms. The van der Waals surface area contributed by atoms with E-state index in [1.54, 1.807) is 24.3 Å². The van der Waals surface area contributed by atoms with E-state index in [2.05, 4.69) is 10.2 Å². The molecule has 2 aromatic carbocycles. The third-order valence-electron chi connectivity index (χ3n) is 3.38. The zero-order valence-electron chi connectivity index (χ0n) is 13.2. The summed E-state index contributed by atoms with van der Waals surface area (Å²) in [6.45, 7) is 1.71. The number of carbonyl (C=O) groups excluding carboxylic acids is 1. The van der Waals surface area contributed by atoms with Gasteiger partial charge in [-0.2, -0.15) is 0 Å². The van der Waals surface area contributed by atoms with Crippen LogP contribution in [0.2, 0.25) is 5.02 Å². The number of carbonyl (C=O) groups is 1. The van der Waals surface area contributed by atoms with Gasteiger partial charge in [-0.3, -0.25) is 4.79 Å². The maximum atomic E-state index is 11.8. The van der Waals surface area contributed by atoms with Gasteiger partial charge in [-0.05, 0) is 36.4 Å². The normalized spacial score (nSPS) is 10.2. The van der Waals surface area contributed by atoms with Crippen LogP contribution in [0.5, 0.6) is 5.75 Å². The second kappa shape index (κ2) is 9.06. The summed E-state index contributed by atoms with van der Waals surface area (Å²) < 4.78 is 5.50. The SMILES string of the molecule is CN(CCNC(=O)CCOc1ccc(Cl)cc1)c1ccccc1. The maximum absolute atomic E-state index is 11.8. The number of amides is 1. The van der Waals surface area contributed by atoms with Gasteiger partial charge in [0.05, 0.1) is 13.0 Å². The Morgan fingerprint density at radius 3 is 2.52 bits per heavy atom. The summed E-state index contributed by atoms with van der Waals surface area (Å²) in [6.07, 6.45) is 0.331. The monoisotopic (exact) mass is 332 g/mol. The molecule has 0 aromatic heterocycles. The van der Waals surface area contributed by atoms with Crippen molar-refractivity contribution in [3.8, 4) is 5.75 Å². The van der Waals surface area contributed by atoms with Crippen LogP contribution in [0.25, 0.3) is 0 Å². The Labute approximate surface area is 142 Å². The molecule has 0 atom stereocenters. The molecule has 0 aliphatic carbocycles. The fourth-order valence-electron chi connectivity index (χ4n) is 2.06. The van der Waals surface area contributed by atoms with Gasteiger partial charge in [0.25, 0.3) is 0 Å². The van der Waals surface area contributed by atoms with Gasteiger partial charge in [-0.1, -0.05) is 29.8 Å². The predicted octanol–water partition coefficient (Wildman–Crippen LogP) is 3.36. The van der Waals surface area contributed by atoms with E-state index in [1.807, 2.05) is 37.4 Å². The summed E-state index contributed by atoms with van der Waals surface area (Å²) in [5.41, 5.74) is 1.13. The average Bonchev–Trinajstić information content (AvgIpc) is 2.57. The lowest BCUT2D eigenvalue weighted by atomic mass is 10.3. The highest BCUT2D eigenvalue weighted by Gasteiger charge is 2.04. The van der Waals surface area contributed by atoms with E-state index >= 15 is 0 Å². The first-order valence-corrected chi connectivity index (χ1v) is 7.94. The first-order chi connectivity index (χ1) is 11.1. The van der Waals surface area contributed by atoms with E-state index in [-0.39, 0.29) is 5.91 Å². The molecule has 122 valence electrons. The molecule has 0 bridgehead atoms. The Balaban J connectivity index is 1.61. The van der Waals surface area contributed by atoms with Crippen LogP contribution in [0.4, 0.5) is 5.69 Å². The molecule has 1 N–H and O–H groups in total. The van der Waals surface area contributed by atoms with Crippen molar-refractivity contribution in [3.63, 3.8) is 0 Å². The minimum Gasteiger partial charge on any atom is -0.493 e. The first-order valence-electron chi connectivity index (χ1n) is 7.56. The van der Waals surface area contributed by atoms with Crippen LogP contribution < -0.4 is 15.0 Å². The van der Waals surface area contributed by atoms with Crippen LogP contribution in [-0.2, 0) is 4.79 Å². The largest absolute Gasteiger partial charge is 0.493 e. The quantitative estimate of drug-likeness (QED) is 0.806. The second-order valence-corrected chi connectivity index (χ2v) is 5.60. The Morgan fingerprint density at radius 2 is 1.83 bits per heavy atom. The zero-order valence-corrected chi connectivity index (χ0v) is 13.9. The van der Waals surface area contributed by atoms with Crippen molar-refractivity contribution in [1.82, 2.24) is 5.32 Å². The second-order valence-electron chi connectivity index (χ2n) is 5.16. The van der Waals surface area contributed by atoms with E-state index in [0.29, 0.717) is 30.3 Å². The Bertz CT molecular complexity index is 602. The van der Waals surface area contributed by atoms with Gasteiger partial charge in [0, 0.05) is 30.8 Å². The number of hydrogen-bond donors (Lipinski definition) is 1. The van der Waals surface area contributed by atoms with Gasteiger partial charge in [0.2, 0.25) is 5.91 Å². The lowest BCUT2D eigenvalue weighted by Crippen LogP contribution is -2.33. The number of nitrogens with one attached hydrogen (secondary N) is 1. The standard InChI is InChI=1S/C18H21ClN2O2/c1-21(16-5-3-2-4-6-16)13-12-20-18(22)11-14-23-17-9-7-15(19)8-10-17/h2-10H,11-14H2,1H3,(H,20,22). The molecule has 5 heteroatoms. The van der Waals surface area contributed by atoms with Gasteiger partial charge in [-0.15, -0.1) is 0 Å². The fourth-order valence-corrected chi connectivity index (χ4v) is 2.18. The third kappa shape index (κ3) is 6.20. The number of hydrogen-bond acceptors (Lipinski definition) is 3. The molecular formula is C18H21ClN2O2. The van der Waals surface area contributed by atoms with Crippen molar-refractivity contribution in [3.05, 3.63) is 59.6 Å². The van der Waals surface area contributed by atoms with Gasteiger partial charge in [0.1, 0.15) is 5.75 Å². The summed E-state index contributed by atoms with van der Waals surface area (Å²) in [4.78, 5) is 13.9. The summed E-state index contributed by atoms with van der Waals surface area (Å²) >= 11 is 5.80. The molecule has 1 amide bonds. The topological polar surface area (TPSA) is 41.6 Å². The van der Waals surface area contributed by atoms with Crippen molar-refractivity contribution in [2.24, 2.45) is 0 Å². The van der Waals surface area contributed by atoms with Crippen molar-refractivity contribution in [1.29, 1.82) is 0 Å². The smallest absolute Gasteiger partial charge is 0.223 e. The van der Waals surface area contributed by atoms with Gasteiger partial charge in [-0.25, -0.2) is 0 Å². The molecule has 0 radical (unpaired) electrons. The van der Waals surface area contributed by atoms with Gasteiger partial charge < -0.3 is 15.0 Å². The summed E-state index contributed by atoms with van der Waals surface area (Å²) in [5, 5.41) is 3.56. The van der Waals surface area contributed by atoms with Crippen LogP contribution >= 0.6 is 11.6 Å². The van der Waals surface area contributed by atoms with Gasteiger partial charge >= 0.3 is 0 Å². The molecule has 0 unspecified atom stereocenters. The fraction of sp³-hybridized carbons (Fsp3) is 0.278. The molecule has 2 rings (SSSR count). The predicted molar refractivity (Wildman–Crippen MR) is 94.3 cm³/mol. The van der Waals surface area contributed by atoms with E-state index in [0.717, 1.165) is 12.2 Å². The number of nitrogens with zero attached hydrogens (tertiary/aromatic N) is 1. The third-order valence-corrected chi connectivity index (χ3v) is 3.63. The summed E-state index contributed by atoms with van der Waals surface area (Å²) in [5.74, 6) is 0.700. The number of halogens is 1. The van der Waals surface area contributed by atoms with Crippen LogP contribution in [-0.4, -0.2) is 32.7 Å². The van der Waals surface area contributed by atoms with Crippen molar-refractivity contribution >= 4 is 23.2 Å². The number of rotatable bonds is 8. The molecule has 0 aliphatic heterocycles. The Hall–Kier alpha value is -2.20. The van der Waals surface area contributed by atoms with E-state index in [9.17, 15) is 4.79 Å². The molecule has 23 heavy (non-hydrogen) atoms. The summed E-state index contributed by atoms with van der Waals surface area (Å²) in [6, 6.07) is 17.2. The van der Waals surface area contributed by atoms with Gasteiger partial charge in [0.15, 0.2) is 0 Å². The minimum absolute atomic E-state index is 0.0135. The number of ether oxygens (including phenoxy) is 1. The molecule has 0 heterocycles. The Kier molecular flexibility index (Phi) is 6.76. The van der Waals surface area contributed by atoms with Crippen LogP contribution in [0, 0.1) is 0 Å². The molecule has 0 saturated heterocycles. The molecule has 2 aromatic rings. The highest BCUT2D eigenvalue weighted by atomic mass is 35.5. The van der Waals surface area contributed by atoms with Crippen LogP contribution in [0.15, 0.2) is 54.6 Å². The number of anilines is 1. The molecule has 0 aliphatic rings. The molecule has 0 saturated carbocycles. The van der Waals surface area contributed by atoms with Crippen LogP contribution in [0.1, 0.15) is 6.42 Å². The average molecular weight is 333 g/mol. The van der Waals surface area contributed by atoms with E-state index in [4.69, 9.17) is 16.3 Å². The van der Waals surface area contributed by atoms with E-state index < -0.39 is 0 Å². The molecular weight excluding hydrogens is 312 g/mol. The lowest BCUT2D eigenvalue weighted by molar-refractivity contribution is -0.121. The first kappa shape index (κ1) is 17.2. The number of benzene rings is 2. The highest BCUT2D eigenvalue weighted by Crippen LogP contribution is 2.15. The van der Waals surface area contributed by atoms with Crippen molar-refractivity contribution in [2.45, 2.75) is 6.42 Å². The summed E-state index contributed by atoms with van der Waals surface area (Å²) in [7, 11) is 2.01. The zero-order chi connectivity index (χ0) is 16.5. The highest BCUT2D eigenvalue weighted by molar-refractivity contribution is 6.30. The molecule has 0 fully saturated rings. The van der Waals surface area contributed by atoms with Crippen molar-refractivity contribution < 1.29 is 9.53 Å². The van der Waals surface area contributed by atoms with Crippen molar-refractivity contribution in [2.75, 3.05) is 31.6 Å². The van der Waals surface area contributed by atoms with E-state index in [1.165, 1.54) is 0 Å². The lowest BCUT2D eigenvalue weighted by Gasteiger charge is -2.19. The number of likely N-dealkylation sites (N-methyl/N-ethyl adjacent to an activating group) is 1. The van der Waals surface area contributed by atoms with Crippen LogP contribution in [0.3, 0.4) is 0 Å². The maximum Gasteiger partial charge on any atom is 0.223 e. The molecule has 4 nitrogen and oxygen atoms in total. The number of para-hydroxylation sites is 1.